The van der Waals surface area contributed by atoms with Crippen molar-refractivity contribution in [3.8, 4) is 11.5 Å². The van der Waals surface area contributed by atoms with Crippen LogP contribution in [0.15, 0.2) is 101 Å². The first-order valence-electron chi connectivity index (χ1n) is 12.0. The zero-order valence-corrected chi connectivity index (χ0v) is 23.3. The molecule has 0 fully saturated rings. The molecule has 0 aromatic heterocycles. The maximum absolute atomic E-state index is 12.7. The average molecular weight is 628 g/mol. The lowest BCUT2D eigenvalue weighted by molar-refractivity contribution is -0.384. The molecule has 4 aromatic carbocycles. The number of nitro benzene ring substituents is 1. The van der Waals surface area contributed by atoms with Crippen LogP contribution >= 0.6 is 0 Å². The Balaban J connectivity index is 1.43. The first-order valence-corrected chi connectivity index (χ1v) is 15.0. The molecular formula is C27H21N3O11S2. The minimum atomic E-state index is -4.28. The predicted octanol–water partition coefficient (Wildman–Crippen LogP) is 4.06. The molecule has 0 atom stereocenters. The SMILES string of the molecule is O=C(O)c1ccc(S(=O)(=O)NCc2ccc(Oc3ccc(NS(=O)(=O)c4ccc([N+](=O)[O-])cc4)c(C(=O)O)c3)cc2)cc1. The largest absolute Gasteiger partial charge is 0.478 e. The summed E-state index contributed by atoms with van der Waals surface area (Å²) in [6.45, 7) is -0.0872. The molecule has 0 heterocycles. The Morgan fingerprint density at radius 2 is 1.30 bits per heavy atom. The minimum Gasteiger partial charge on any atom is -0.478 e. The number of benzene rings is 4. The summed E-state index contributed by atoms with van der Waals surface area (Å²) in [6, 6.07) is 18.5. The van der Waals surface area contributed by atoms with Crippen molar-refractivity contribution in [1.82, 2.24) is 4.72 Å². The number of hydrogen-bond donors (Lipinski definition) is 4. The van der Waals surface area contributed by atoms with Gasteiger partial charge in [-0.2, -0.15) is 0 Å². The molecule has 4 N–H and O–H groups in total. The summed E-state index contributed by atoms with van der Waals surface area (Å²) in [6.07, 6.45) is 0. The van der Waals surface area contributed by atoms with Gasteiger partial charge in [0.15, 0.2) is 0 Å². The third-order valence-electron chi connectivity index (χ3n) is 5.86. The molecule has 222 valence electrons. The molecule has 0 radical (unpaired) electrons. The van der Waals surface area contributed by atoms with E-state index in [4.69, 9.17) is 9.84 Å². The molecule has 0 aliphatic heterocycles. The van der Waals surface area contributed by atoms with Gasteiger partial charge in [-0.1, -0.05) is 12.1 Å². The highest BCUT2D eigenvalue weighted by Gasteiger charge is 2.21. The first-order chi connectivity index (χ1) is 20.2. The summed E-state index contributed by atoms with van der Waals surface area (Å²) < 4.78 is 60.7. The Bertz CT molecular complexity index is 1910. The van der Waals surface area contributed by atoms with Crippen molar-refractivity contribution in [2.24, 2.45) is 0 Å². The Hall–Kier alpha value is -5.32. The lowest BCUT2D eigenvalue weighted by atomic mass is 10.1. The fourth-order valence-electron chi connectivity index (χ4n) is 3.65. The van der Waals surface area contributed by atoms with Crippen LogP contribution in [0, 0.1) is 10.1 Å². The topological polar surface area (TPSA) is 219 Å². The van der Waals surface area contributed by atoms with Gasteiger partial charge in [-0.25, -0.2) is 31.1 Å². The minimum absolute atomic E-state index is 0.0526. The Kier molecular flexibility index (Phi) is 8.74. The standard InChI is InChI=1S/C27H21N3O11S2/c31-26(32)18-3-10-22(11-4-18)42(37,38)28-16-17-1-7-20(8-2-17)41-21-9-14-25(24(15-21)27(33)34)29-43(39,40)23-12-5-19(6-13-23)30(35)36/h1-15,28-29H,16H2,(H,31,32)(H,33,34). The average Bonchev–Trinajstić information content (AvgIpc) is 2.97. The maximum atomic E-state index is 12.7. The van der Waals surface area contributed by atoms with Gasteiger partial charge in [-0.05, 0) is 72.3 Å². The van der Waals surface area contributed by atoms with Crippen molar-refractivity contribution in [2.45, 2.75) is 16.3 Å². The van der Waals surface area contributed by atoms with Crippen LogP contribution in [0.3, 0.4) is 0 Å². The molecule has 0 aliphatic carbocycles. The highest BCUT2D eigenvalue weighted by atomic mass is 32.2. The monoisotopic (exact) mass is 627 g/mol. The van der Waals surface area contributed by atoms with Gasteiger partial charge in [0, 0.05) is 18.7 Å². The quantitative estimate of drug-likeness (QED) is 0.130. The number of nitrogens with one attached hydrogen (secondary N) is 2. The van der Waals surface area contributed by atoms with Gasteiger partial charge >= 0.3 is 11.9 Å². The van der Waals surface area contributed by atoms with Crippen molar-refractivity contribution in [2.75, 3.05) is 4.72 Å². The van der Waals surface area contributed by atoms with Crippen LogP contribution in [-0.4, -0.2) is 43.9 Å². The van der Waals surface area contributed by atoms with Crippen LogP contribution in [-0.2, 0) is 26.6 Å². The number of nitro groups is 1. The van der Waals surface area contributed by atoms with Gasteiger partial charge in [0.2, 0.25) is 10.0 Å². The van der Waals surface area contributed by atoms with E-state index in [2.05, 4.69) is 9.44 Å². The highest BCUT2D eigenvalue weighted by molar-refractivity contribution is 7.92. The van der Waals surface area contributed by atoms with Crippen molar-refractivity contribution >= 4 is 43.4 Å². The second kappa shape index (κ2) is 12.3. The summed E-state index contributed by atoms with van der Waals surface area (Å²) >= 11 is 0. The third-order valence-corrected chi connectivity index (χ3v) is 8.66. The fourth-order valence-corrected chi connectivity index (χ4v) is 5.75. The van der Waals surface area contributed by atoms with E-state index in [0.29, 0.717) is 5.56 Å². The van der Waals surface area contributed by atoms with Crippen molar-refractivity contribution < 1.29 is 46.3 Å². The number of carboxylic acid groups (broad SMARTS) is 2. The molecule has 0 aliphatic rings. The van der Waals surface area contributed by atoms with E-state index < -0.39 is 42.5 Å². The normalized spacial score (nSPS) is 11.4. The van der Waals surface area contributed by atoms with Crippen LogP contribution in [0.1, 0.15) is 26.3 Å². The van der Waals surface area contributed by atoms with Gasteiger partial charge in [0.05, 0.1) is 31.5 Å². The number of anilines is 1. The van der Waals surface area contributed by atoms with E-state index in [-0.39, 0.29) is 44.8 Å². The van der Waals surface area contributed by atoms with Crippen LogP contribution in [0.25, 0.3) is 0 Å². The van der Waals surface area contributed by atoms with Crippen molar-refractivity contribution in [3.05, 3.63) is 118 Å². The molecule has 14 nitrogen and oxygen atoms in total. The number of carboxylic acids is 2. The summed E-state index contributed by atoms with van der Waals surface area (Å²) in [5.41, 5.74) is -0.502. The number of ether oxygens (including phenoxy) is 1. The summed E-state index contributed by atoms with van der Waals surface area (Å²) in [7, 11) is -8.20. The summed E-state index contributed by atoms with van der Waals surface area (Å²) in [5.74, 6) is -2.30. The van der Waals surface area contributed by atoms with Gasteiger partial charge in [-0.15, -0.1) is 0 Å². The van der Waals surface area contributed by atoms with Crippen molar-refractivity contribution in [3.63, 3.8) is 0 Å². The van der Waals surface area contributed by atoms with E-state index in [1.54, 1.807) is 12.1 Å². The van der Waals surface area contributed by atoms with Gasteiger partial charge in [-0.3, -0.25) is 14.8 Å². The van der Waals surface area contributed by atoms with Gasteiger partial charge in [0.25, 0.3) is 15.7 Å². The number of rotatable bonds is 12. The highest BCUT2D eigenvalue weighted by Crippen LogP contribution is 2.29. The molecule has 16 heteroatoms. The molecule has 4 rings (SSSR count). The molecule has 0 saturated carbocycles. The molecule has 43 heavy (non-hydrogen) atoms. The second-order valence-corrected chi connectivity index (χ2v) is 12.2. The zero-order valence-electron chi connectivity index (χ0n) is 21.7. The van der Waals surface area contributed by atoms with E-state index in [9.17, 15) is 41.6 Å². The van der Waals surface area contributed by atoms with Crippen LogP contribution < -0.4 is 14.2 Å². The number of aromatic carboxylic acids is 2. The molecule has 4 aromatic rings. The molecule has 0 saturated heterocycles. The van der Waals surface area contributed by atoms with E-state index in [1.807, 2.05) is 0 Å². The van der Waals surface area contributed by atoms with Crippen molar-refractivity contribution in [1.29, 1.82) is 0 Å². The maximum Gasteiger partial charge on any atom is 0.337 e. The molecule has 0 unspecified atom stereocenters. The Morgan fingerprint density at radius 3 is 1.86 bits per heavy atom. The zero-order chi connectivity index (χ0) is 31.4. The summed E-state index contributed by atoms with van der Waals surface area (Å²) in [5, 5.41) is 29.4. The molecule has 0 amide bonds. The number of nitrogens with zero attached hydrogens (tertiary/aromatic N) is 1. The number of sulfonamides is 2. The Labute approximate surface area is 244 Å². The number of hydrogen-bond acceptors (Lipinski definition) is 9. The fraction of sp³-hybridized carbons (Fsp3) is 0.0370. The van der Waals surface area contributed by atoms with E-state index in [0.717, 1.165) is 30.3 Å². The lowest BCUT2D eigenvalue weighted by Crippen LogP contribution is -2.23. The molecular weight excluding hydrogens is 606 g/mol. The predicted molar refractivity (Wildman–Crippen MR) is 151 cm³/mol. The van der Waals surface area contributed by atoms with E-state index >= 15 is 0 Å². The first kappa shape index (κ1) is 30.6. The van der Waals surface area contributed by atoms with Crippen LogP contribution in [0.2, 0.25) is 0 Å². The third kappa shape index (κ3) is 7.50. The second-order valence-electron chi connectivity index (χ2n) is 8.77. The van der Waals surface area contributed by atoms with Gasteiger partial charge in [0.1, 0.15) is 11.5 Å². The lowest BCUT2D eigenvalue weighted by Gasteiger charge is -2.13. The smallest absolute Gasteiger partial charge is 0.337 e. The molecule has 0 spiro atoms. The molecule has 0 bridgehead atoms. The Morgan fingerprint density at radius 1 is 0.744 bits per heavy atom. The van der Waals surface area contributed by atoms with Crippen LogP contribution in [0.4, 0.5) is 11.4 Å². The summed E-state index contributed by atoms with van der Waals surface area (Å²) in [4.78, 5) is 32.5. The number of non-ortho nitro benzene ring substituents is 1. The number of carbonyl (C=O) groups is 2. The van der Waals surface area contributed by atoms with Gasteiger partial charge < -0.3 is 14.9 Å². The van der Waals surface area contributed by atoms with Crippen LogP contribution in [0.5, 0.6) is 11.5 Å². The van der Waals surface area contributed by atoms with E-state index in [1.165, 1.54) is 48.5 Å².